The van der Waals surface area contributed by atoms with E-state index >= 15 is 0 Å². The van der Waals surface area contributed by atoms with Gasteiger partial charge >= 0.3 is 12.0 Å². The van der Waals surface area contributed by atoms with Crippen molar-refractivity contribution in [1.82, 2.24) is 0 Å². The molecular formula is C19H25FNO4+. The third-order valence-corrected chi connectivity index (χ3v) is 4.91. The molecule has 1 aromatic rings. The molecule has 1 aliphatic rings. The van der Waals surface area contributed by atoms with E-state index in [0.29, 0.717) is 0 Å². The molecule has 1 saturated heterocycles. The number of ether oxygens (including phenoxy) is 1. The molecular weight excluding hydrogens is 325 g/mol. The van der Waals surface area contributed by atoms with Crippen LogP contribution in [-0.4, -0.2) is 41.3 Å². The number of amides is 2. The van der Waals surface area contributed by atoms with E-state index in [1.807, 2.05) is 30.3 Å². The van der Waals surface area contributed by atoms with E-state index in [0.717, 1.165) is 11.6 Å². The first-order valence-corrected chi connectivity index (χ1v) is 8.37. The first kappa shape index (κ1) is 19.3. The summed E-state index contributed by atoms with van der Waals surface area (Å²) in [5.41, 5.74) is 0.785. The Morgan fingerprint density at radius 3 is 2.48 bits per heavy atom. The number of imide groups is 1. The SMILES string of the molecule is CC=C(F)C(O)C(C(=O)[N@@+]1(C)C(=O)OCC1c1ccccc1)C(C)C. The number of aliphatic hydroxyl groups is 1. The van der Waals surface area contributed by atoms with Gasteiger partial charge in [0.2, 0.25) is 0 Å². The molecule has 0 aliphatic carbocycles. The van der Waals surface area contributed by atoms with Gasteiger partial charge in [0.05, 0.1) is 7.05 Å². The number of hydrogen-bond acceptors (Lipinski definition) is 4. The van der Waals surface area contributed by atoms with Crippen molar-refractivity contribution in [3.8, 4) is 0 Å². The lowest BCUT2D eigenvalue weighted by molar-refractivity contribution is -0.779. The van der Waals surface area contributed by atoms with Crippen LogP contribution in [0.15, 0.2) is 42.2 Å². The number of cyclic esters (lactones) is 1. The molecule has 1 heterocycles. The molecule has 3 unspecified atom stereocenters. The van der Waals surface area contributed by atoms with Crippen LogP contribution < -0.4 is 0 Å². The van der Waals surface area contributed by atoms with Gasteiger partial charge in [-0.3, -0.25) is 0 Å². The molecule has 0 radical (unpaired) electrons. The van der Waals surface area contributed by atoms with Crippen molar-refractivity contribution in [3.05, 3.63) is 47.8 Å². The lowest BCUT2D eigenvalue weighted by Crippen LogP contribution is -2.57. The van der Waals surface area contributed by atoms with Crippen LogP contribution in [0.3, 0.4) is 0 Å². The maximum absolute atomic E-state index is 14.0. The summed E-state index contributed by atoms with van der Waals surface area (Å²) in [5, 5.41) is 10.3. The number of carbonyl (C=O) groups is 2. The summed E-state index contributed by atoms with van der Waals surface area (Å²) in [6.45, 7) is 4.96. The zero-order valence-corrected chi connectivity index (χ0v) is 15.0. The van der Waals surface area contributed by atoms with Crippen molar-refractivity contribution in [2.45, 2.75) is 32.9 Å². The van der Waals surface area contributed by atoms with Gasteiger partial charge in [-0.05, 0) is 12.8 Å². The van der Waals surface area contributed by atoms with E-state index in [9.17, 15) is 19.1 Å². The van der Waals surface area contributed by atoms with Crippen LogP contribution in [0.1, 0.15) is 32.4 Å². The summed E-state index contributed by atoms with van der Waals surface area (Å²) in [6, 6.07) is 8.61. The van der Waals surface area contributed by atoms with Gasteiger partial charge in [-0.1, -0.05) is 50.3 Å². The van der Waals surface area contributed by atoms with E-state index in [1.165, 1.54) is 14.0 Å². The topological polar surface area (TPSA) is 63.6 Å². The maximum atomic E-state index is 14.0. The number of hydrogen-bond donors (Lipinski definition) is 1. The molecule has 2 amide bonds. The number of aliphatic hydroxyl groups excluding tert-OH is 1. The zero-order valence-electron chi connectivity index (χ0n) is 15.0. The Kier molecular flexibility index (Phi) is 5.75. The van der Waals surface area contributed by atoms with Crippen LogP contribution in [0.2, 0.25) is 0 Å². The predicted molar refractivity (Wildman–Crippen MR) is 90.9 cm³/mol. The normalized spacial score (nSPS) is 26.4. The van der Waals surface area contributed by atoms with Crippen molar-refractivity contribution in [2.24, 2.45) is 11.8 Å². The monoisotopic (exact) mass is 350 g/mol. The minimum atomic E-state index is -1.59. The molecule has 0 aromatic heterocycles. The molecule has 5 nitrogen and oxygen atoms in total. The van der Waals surface area contributed by atoms with Gasteiger partial charge in [-0.25, -0.2) is 9.18 Å². The predicted octanol–water partition coefficient (Wildman–Crippen LogP) is 3.36. The van der Waals surface area contributed by atoms with Crippen LogP contribution in [0, 0.1) is 11.8 Å². The van der Waals surface area contributed by atoms with Crippen LogP contribution >= 0.6 is 0 Å². The Morgan fingerprint density at radius 2 is 1.96 bits per heavy atom. The number of quaternary nitrogens is 1. The summed E-state index contributed by atoms with van der Waals surface area (Å²) < 4.78 is 18.5. The van der Waals surface area contributed by atoms with Gasteiger partial charge in [0, 0.05) is 5.56 Å². The van der Waals surface area contributed by atoms with Crippen LogP contribution in [-0.2, 0) is 9.53 Å². The second kappa shape index (κ2) is 7.45. The van der Waals surface area contributed by atoms with Gasteiger partial charge < -0.3 is 9.84 Å². The van der Waals surface area contributed by atoms with Gasteiger partial charge in [0.25, 0.3) is 0 Å². The third-order valence-electron chi connectivity index (χ3n) is 4.91. The van der Waals surface area contributed by atoms with Crippen molar-refractivity contribution < 1.29 is 28.3 Å². The van der Waals surface area contributed by atoms with E-state index in [1.54, 1.807) is 13.8 Å². The molecule has 25 heavy (non-hydrogen) atoms. The number of carbonyl (C=O) groups excluding carboxylic acids is 2. The first-order valence-electron chi connectivity index (χ1n) is 8.37. The van der Waals surface area contributed by atoms with Crippen molar-refractivity contribution in [3.63, 3.8) is 0 Å². The van der Waals surface area contributed by atoms with Gasteiger partial charge in [0.1, 0.15) is 17.8 Å². The second-order valence-electron chi connectivity index (χ2n) is 6.81. The van der Waals surface area contributed by atoms with Gasteiger partial charge in [-0.2, -0.15) is 9.28 Å². The fraction of sp³-hybridized carbons (Fsp3) is 0.474. The Bertz CT molecular complexity index is 673. The fourth-order valence-electron chi connectivity index (χ4n) is 3.31. The van der Waals surface area contributed by atoms with Crippen molar-refractivity contribution in [2.75, 3.05) is 13.7 Å². The van der Waals surface area contributed by atoms with Crippen LogP contribution in [0.25, 0.3) is 0 Å². The molecule has 4 atom stereocenters. The molecule has 1 aliphatic heterocycles. The summed E-state index contributed by atoms with van der Waals surface area (Å²) in [7, 11) is 1.48. The number of benzene rings is 1. The largest absolute Gasteiger partial charge is 0.524 e. The van der Waals surface area contributed by atoms with Gasteiger partial charge in [-0.15, -0.1) is 0 Å². The first-order chi connectivity index (χ1) is 11.7. The van der Waals surface area contributed by atoms with E-state index in [-0.39, 0.29) is 12.5 Å². The highest BCUT2D eigenvalue weighted by molar-refractivity contribution is 5.84. The Morgan fingerprint density at radius 1 is 1.36 bits per heavy atom. The molecule has 1 aromatic carbocycles. The maximum Gasteiger partial charge on any atom is 0.524 e. The third kappa shape index (κ3) is 3.37. The standard InChI is InChI=1S/C19H25FNO4/c1-5-14(20)17(22)16(12(2)3)18(23)21(4)15(11-25-19(21)24)13-9-7-6-8-10-13/h5-10,12,15-17,22H,11H2,1-4H3/q+1/t15?,16?,17?,21-/m0/s1. The Hall–Kier alpha value is -2.05. The fourth-order valence-corrected chi connectivity index (χ4v) is 3.31. The number of nitrogens with zero attached hydrogens (tertiary/aromatic N) is 1. The smallest absolute Gasteiger partial charge is 0.413 e. The molecule has 2 rings (SSSR count). The zero-order chi connectivity index (χ0) is 18.8. The number of rotatable bonds is 5. The van der Waals surface area contributed by atoms with Crippen LogP contribution in [0.4, 0.5) is 9.18 Å². The van der Waals surface area contributed by atoms with Gasteiger partial charge in [0.15, 0.2) is 12.6 Å². The molecule has 0 bridgehead atoms. The Balaban J connectivity index is 2.46. The summed E-state index contributed by atoms with van der Waals surface area (Å²) in [4.78, 5) is 25.7. The highest BCUT2D eigenvalue weighted by Crippen LogP contribution is 2.38. The van der Waals surface area contributed by atoms with Crippen molar-refractivity contribution in [1.29, 1.82) is 0 Å². The Labute approximate surface area is 147 Å². The molecule has 0 saturated carbocycles. The lowest BCUT2D eigenvalue weighted by atomic mass is 9.86. The molecule has 1 N–H and O–H groups in total. The van der Waals surface area contributed by atoms with Crippen LogP contribution in [0.5, 0.6) is 0 Å². The molecule has 136 valence electrons. The second-order valence-corrected chi connectivity index (χ2v) is 6.81. The minimum absolute atomic E-state index is 0.0676. The number of halogens is 1. The quantitative estimate of drug-likeness (QED) is 0.827. The number of allylic oxidation sites excluding steroid dienone is 1. The van der Waals surface area contributed by atoms with E-state index < -0.39 is 40.4 Å². The lowest BCUT2D eigenvalue weighted by Gasteiger charge is -2.33. The van der Waals surface area contributed by atoms with Crippen molar-refractivity contribution >= 4 is 12.0 Å². The average molecular weight is 350 g/mol. The average Bonchev–Trinajstić information content (AvgIpc) is 2.90. The minimum Gasteiger partial charge on any atom is -0.413 e. The summed E-state index contributed by atoms with van der Waals surface area (Å²) >= 11 is 0. The van der Waals surface area contributed by atoms with E-state index in [2.05, 4.69) is 0 Å². The highest BCUT2D eigenvalue weighted by atomic mass is 19.1. The van der Waals surface area contributed by atoms with E-state index in [4.69, 9.17) is 4.74 Å². The summed E-state index contributed by atoms with van der Waals surface area (Å²) in [6.07, 6.45) is -1.14. The molecule has 6 heteroatoms. The summed E-state index contributed by atoms with van der Waals surface area (Å²) in [5.74, 6) is -2.73. The number of likely N-dealkylation sites (N-methyl/N-ethyl adjacent to an activating group) is 1. The molecule has 1 fully saturated rings. The molecule has 0 spiro atoms. The highest BCUT2D eigenvalue weighted by Gasteiger charge is 2.58.